The van der Waals surface area contributed by atoms with Gasteiger partial charge in [0.05, 0.1) is 0 Å². The summed E-state index contributed by atoms with van der Waals surface area (Å²) in [5.74, 6) is 0.216. The average molecular weight is 252 g/mol. The molecule has 0 N–H and O–H groups in total. The van der Waals surface area contributed by atoms with Crippen molar-refractivity contribution in [2.75, 3.05) is 0 Å². The van der Waals surface area contributed by atoms with Gasteiger partial charge in [0.1, 0.15) is 6.26 Å². The molecule has 1 aliphatic heterocycles. The molecule has 0 aliphatic carbocycles. The second kappa shape index (κ2) is 4.98. The van der Waals surface area contributed by atoms with Crippen molar-refractivity contribution in [3.05, 3.63) is 72.2 Å². The van der Waals surface area contributed by atoms with Gasteiger partial charge in [-0.1, -0.05) is 54.6 Å². The first-order valence-electron chi connectivity index (χ1n) is 6.00. The number of allylic oxidation sites excluding steroid dienone is 1. The van der Waals surface area contributed by atoms with Gasteiger partial charge in [0, 0.05) is 5.56 Å². The molecule has 3 nitrogen and oxygen atoms in total. The lowest BCUT2D eigenvalue weighted by Crippen LogP contribution is -2.01. The minimum atomic E-state index is -0.559. The van der Waals surface area contributed by atoms with Crippen LogP contribution in [0.15, 0.2) is 66.6 Å². The number of hydrogen-bond donors (Lipinski definition) is 0. The molecule has 0 amide bonds. The smallest absolute Gasteiger partial charge is 0.267 e. The first kappa shape index (κ1) is 11.5. The van der Waals surface area contributed by atoms with E-state index < -0.39 is 6.29 Å². The molecule has 1 atom stereocenters. The van der Waals surface area contributed by atoms with Crippen LogP contribution in [0, 0.1) is 0 Å². The van der Waals surface area contributed by atoms with Gasteiger partial charge in [-0.2, -0.15) is 0 Å². The van der Waals surface area contributed by atoms with Gasteiger partial charge >= 0.3 is 0 Å². The molecular formula is C16H12O3. The van der Waals surface area contributed by atoms with Crippen LogP contribution in [0.3, 0.4) is 0 Å². The van der Waals surface area contributed by atoms with Crippen LogP contribution < -0.4 is 0 Å². The SMILES string of the molecule is O=CC1=COC(c2ccccc2-c2ccccc2)O1. The van der Waals surface area contributed by atoms with Crippen molar-refractivity contribution < 1.29 is 14.3 Å². The molecule has 3 heteroatoms. The van der Waals surface area contributed by atoms with E-state index >= 15 is 0 Å². The topological polar surface area (TPSA) is 35.5 Å². The number of hydrogen-bond acceptors (Lipinski definition) is 3. The summed E-state index contributed by atoms with van der Waals surface area (Å²) in [5, 5.41) is 0. The quantitative estimate of drug-likeness (QED) is 0.785. The van der Waals surface area contributed by atoms with E-state index in [1.807, 2.05) is 54.6 Å². The van der Waals surface area contributed by atoms with Crippen LogP contribution in [-0.4, -0.2) is 6.29 Å². The van der Waals surface area contributed by atoms with Gasteiger partial charge in [-0.3, -0.25) is 4.79 Å². The normalized spacial score (nSPS) is 17.3. The van der Waals surface area contributed by atoms with Gasteiger partial charge in [-0.25, -0.2) is 0 Å². The summed E-state index contributed by atoms with van der Waals surface area (Å²) in [7, 11) is 0. The first-order chi connectivity index (χ1) is 9.38. The van der Waals surface area contributed by atoms with Crippen LogP contribution in [-0.2, 0) is 14.3 Å². The molecule has 2 aromatic carbocycles. The van der Waals surface area contributed by atoms with Crippen molar-refractivity contribution in [1.82, 2.24) is 0 Å². The lowest BCUT2D eigenvalue weighted by molar-refractivity contribution is -0.110. The Balaban J connectivity index is 1.98. The molecule has 0 bridgehead atoms. The standard InChI is InChI=1S/C16H12O3/c17-10-13-11-18-16(19-13)15-9-5-4-8-14(15)12-6-2-1-3-7-12/h1-11,16H. The van der Waals surface area contributed by atoms with Gasteiger partial charge in [-0.05, 0) is 11.1 Å². The van der Waals surface area contributed by atoms with E-state index in [4.69, 9.17) is 9.47 Å². The predicted molar refractivity (Wildman–Crippen MR) is 70.9 cm³/mol. The van der Waals surface area contributed by atoms with Gasteiger partial charge < -0.3 is 9.47 Å². The number of aldehydes is 1. The van der Waals surface area contributed by atoms with E-state index in [0.717, 1.165) is 16.7 Å². The minimum Gasteiger partial charge on any atom is -0.454 e. The zero-order valence-corrected chi connectivity index (χ0v) is 10.2. The predicted octanol–water partition coefficient (Wildman–Crippen LogP) is 3.44. The van der Waals surface area contributed by atoms with Crippen LogP contribution in [0.2, 0.25) is 0 Å². The Labute approximate surface area is 111 Å². The number of carbonyl (C=O) groups excluding carboxylic acids is 1. The Morgan fingerprint density at radius 3 is 2.42 bits per heavy atom. The average Bonchev–Trinajstić information content (AvgIpc) is 2.97. The maximum Gasteiger partial charge on any atom is 0.267 e. The summed E-state index contributed by atoms with van der Waals surface area (Å²) >= 11 is 0. The molecule has 0 fully saturated rings. The van der Waals surface area contributed by atoms with E-state index in [1.54, 1.807) is 0 Å². The maximum atomic E-state index is 10.7. The molecule has 0 spiro atoms. The van der Waals surface area contributed by atoms with Crippen LogP contribution in [0.25, 0.3) is 11.1 Å². The minimum absolute atomic E-state index is 0.216. The van der Waals surface area contributed by atoms with Crippen molar-refractivity contribution in [2.45, 2.75) is 6.29 Å². The third-order valence-corrected chi connectivity index (χ3v) is 2.97. The van der Waals surface area contributed by atoms with Crippen molar-refractivity contribution in [3.63, 3.8) is 0 Å². The largest absolute Gasteiger partial charge is 0.454 e. The molecule has 0 radical (unpaired) electrons. The molecule has 0 saturated carbocycles. The Morgan fingerprint density at radius 1 is 0.947 bits per heavy atom. The lowest BCUT2D eigenvalue weighted by Gasteiger charge is -2.15. The Kier molecular flexibility index (Phi) is 3.02. The summed E-state index contributed by atoms with van der Waals surface area (Å²) in [4.78, 5) is 10.7. The van der Waals surface area contributed by atoms with Crippen LogP contribution in [0.4, 0.5) is 0 Å². The highest BCUT2D eigenvalue weighted by Crippen LogP contribution is 2.34. The molecule has 2 aromatic rings. The summed E-state index contributed by atoms with van der Waals surface area (Å²) in [6.45, 7) is 0. The Bertz CT molecular complexity index is 617. The number of benzene rings is 2. The van der Waals surface area contributed by atoms with Gasteiger partial charge in [0.25, 0.3) is 6.29 Å². The molecule has 94 valence electrons. The fourth-order valence-electron chi connectivity index (χ4n) is 2.08. The van der Waals surface area contributed by atoms with E-state index in [9.17, 15) is 4.79 Å². The van der Waals surface area contributed by atoms with Gasteiger partial charge in [0.15, 0.2) is 12.0 Å². The van der Waals surface area contributed by atoms with Crippen molar-refractivity contribution in [2.24, 2.45) is 0 Å². The maximum absolute atomic E-state index is 10.7. The third kappa shape index (κ3) is 2.22. The van der Waals surface area contributed by atoms with Gasteiger partial charge in [0.2, 0.25) is 0 Å². The molecular weight excluding hydrogens is 240 g/mol. The van der Waals surface area contributed by atoms with Crippen LogP contribution >= 0.6 is 0 Å². The van der Waals surface area contributed by atoms with E-state index in [1.165, 1.54) is 6.26 Å². The molecule has 1 heterocycles. The summed E-state index contributed by atoms with van der Waals surface area (Å²) in [6, 6.07) is 17.8. The molecule has 1 aliphatic rings. The fourth-order valence-corrected chi connectivity index (χ4v) is 2.08. The highest BCUT2D eigenvalue weighted by atomic mass is 16.7. The lowest BCUT2D eigenvalue weighted by atomic mass is 9.99. The highest BCUT2D eigenvalue weighted by Gasteiger charge is 2.23. The van der Waals surface area contributed by atoms with Gasteiger partial charge in [-0.15, -0.1) is 0 Å². The molecule has 1 unspecified atom stereocenters. The highest BCUT2D eigenvalue weighted by molar-refractivity contribution is 5.71. The van der Waals surface area contributed by atoms with Crippen molar-refractivity contribution in [1.29, 1.82) is 0 Å². The third-order valence-electron chi connectivity index (χ3n) is 2.97. The molecule has 0 aromatic heterocycles. The summed E-state index contributed by atoms with van der Waals surface area (Å²) < 4.78 is 10.8. The second-order valence-corrected chi connectivity index (χ2v) is 4.18. The Hall–Kier alpha value is -2.55. The fraction of sp³-hybridized carbons (Fsp3) is 0.0625. The van der Waals surface area contributed by atoms with Crippen LogP contribution in [0.5, 0.6) is 0 Å². The van der Waals surface area contributed by atoms with E-state index in [0.29, 0.717) is 6.29 Å². The van der Waals surface area contributed by atoms with E-state index in [-0.39, 0.29) is 5.76 Å². The van der Waals surface area contributed by atoms with Crippen molar-refractivity contribution in [3.8, 4) is 11.1 Å². The number of carbonyl (C=O) groups is 1. The summed E-state index contributed by atoms with van der Waals surface area (Å²) in [5.41, 5.74) is 3.03. The molecule has 0 saturated heterocycles. The Morgan fingerprint density at radius 2 is 1.68 bits per heavy atom. The monoisotopic (exact) mass is 252 g/mol. The number of ether oxygens (including phenoxy) is 2. The first-order valence-corrected chi connectivity index (χ1v) is 6.00. The van der Waals surface area contributed by atoms with Crippen molar-refractivity contribution >= 4 is 6.29 Å². The van der Waals surface area contributed by atoms with Crippen LogP contribution in [0.1, 0.15) is 11.9 Å². The molecule has 19 heavy (non-hydrogen) atoms. The van der Waals surface area contributed by atoms with E-state index in [2.05, 4.69) is 0 Å². The number of rotatable bonds is 3. The summed E-state index contributed by atoms with van der Waals surface area (Å²) in [6.07, 6.45) is 1.43. The molecule has 3 rings (SSSR count). The second-order valence-electron chi connectivity index (χ2n) is 4.18. The zero-order chi connectivity index (χ0) is 13.1. The zero-order valence-electron chi connectivity index (χ0n) is 10.2.